The van der Waals surface area contributed by atoms with Crippen molar-refractivity contribution in [2.75, 3.05) is 6.54 Å². The highest BCUT2D eigenvalue weighted by atomic mass is 16.4. The minimum atomic E-state index is -1.08. The number of hydrogen-bond acceptors (Lipinski definition) is 4. The quantitative estimate of drug-likeness (QED) is 0.513. The average molecular weight is 188 g/mol. The second-order valence-electron chi connectivity index (χ2n) is 3.07. The summed E-state index contributed by atoms with van der Waals surface area (Å²) in [4.78, 5) is 21.4. The molecule has 0 rings (SSSR count). The minimum Gasteiger partial charge on any atom is -0.480 e. The molecule has 0 amide bonds. The second kappa shape index (κ2) is 5.66. The van der Waals surface area contributed by atoms with Gasteiger partial charge >= 0.3 is 5.97 Å². The molecule has 76 valence electrons. The van der Waals surface area contributed by atoms with E-state index in [0.717, 1.165) is 0 Å². The molecular formula is C8H16N2O3. The van der Waals surface area contributed by atoms with Crippen LogP contribution in [0, 0.1) is 5.92 Å². The molecule has 0 radical (unpaired) electrons. The molecule has 0 aliphatic rings. The molecule has 5 heteroatoms. The number of nitrogens with two attached hydrogens (primary N) is 2. The predicted molar refractivity (Wildman–Crippen MR) is 48.1 cm³/mol. The Hall–Kier alpha value is -0.940. The third-order valence-electron chi connectivity index (χ3n) is 1.95. The largest absolute Gasteiger partial charge is 0.480 e. The van der Waals surface area contributed by atoms with E-state index in [1.165, 1.54) is 6.92 Å². The van der Waals surface area contributed by atoms with Gasteiger partial charge in [-0.25, -0.2) is 0 Å². The molecule has 2 atom stereocenters. The first-order valence-electron chi connectivity index (χ1n) is 4.18. The smallest absolute Gasteiger partial charge is 0.320 e. The molecular weight excluding hydrogens is 172 g/mol. The average Bonchev–Trinajstić information content (AvgIpc) is 2.03. The lowest BCUT2D eigenvalue weighted by Crippen LogP contribution is -2.34. The zero-order valence-electron chi connectivity index (χ0n) is 7.69. The summed E-state index contributed by atoms with van der Waals surface area (Å²) in [5.74, 6) is -1.46. The highest BCUT2D eigenvalue weighted by Gasteiger charge is 2.21. The molecule has 0 aromatic rings. The highest BCUT2D eigenvalue weighted by Crippen LogP contribution is 2.11. The van der Waals surface area contributed by atoms with Crippen LogP contribution in [0.4, 0.5) is 0 Å². The van der Waals surface area contributed by atoms with Crippen LogP contribution in [0.15, 0.2) is 0 Å². The molecule has 0 aromatic heterocycles. The van der Waals surface area contributed by atoms with Crippen LogP contribution in [0.2, 0.25) is 0 Å². The summed E-state index contributed by atoms with van der Waals surface area (Å²) in [6.45, 7) is 1.80. The topological polar surface area (TPSA) is 106 Å². The number of rotatable bonds is 6. The van der Waals surface area contributed by atoms with Crippen LogP contribution in [0.25, 0.3) is 0 Å². The summed E-state index contributed by atoms with van der Waals surface area (Å²) in [6.07, 6.45) is 0.665. The third kappa shape index (κ3) is 4.59. The van der Waals surface area contributed by atoms with E-state index < -0.39 is 12.0 Å². The molecule has 0 fully saturated rings. The van der Waals surface area contributed by atoms with E-state index in [4.69, 9.17) is 16.6 Å². The second-order valence-corrected chi connectivity index (χ2v) is 3.07. The standard InChI is InChI=1S/C8H16N2O3/c1-5(11)6(2-3-9)4-7(10)8(12)13/h6-7H,2-4,9-10H2,1H3,(H,12,13)/t6?,7-/m0/s1. The zero-order chi connectivity index (χ0) is 10.4. The maximum Gasteiger partial charge on any atom is 0.320 e. The van der Waals surface area contributed by atoms with Crippen molar-refractivity contribution in [2.45, 2.75) is 25.8 Å². The normalized spacial score (nSPS) is 15.0. The SMILES string of the molecule is CC(=O)C(CCN)C[C@H](N)C(=O)O. The van der Waals surface area contributed by atoms with E-state index in [2.05, 4.69) is 0 Å². The van der Waals surface area contributed by atoms with Gasteiger partial charge in [0.05, 0.1) is 0 Å². The van der Waals surface area contributed by atoms with Crippen LogP contribution in [0.3, 0.4) is 0 Å². The van der Waals surface area contributed by atoms with Crippen LogP contribution in [0.1, 0.15) is 19.8 Å². The number of carbonyl (C=O) groups is 2. The Labute approximate surface area is 77.1 Å². The Balaban J connectivity index is 4.09. The Morgan fingerprint density at radius 2 is 2.00 bits per heavy atom. The lowest BCUT2D eigenvalue weighted by Gasteiger charge is -2.14. The number of Topliss-reactive ketones (excluding diaryl/α,β-unsaturated/α-hetero) is 1. The molecule has 0 saturated heterocycles. The summed E-state index contributed by atoms with van der Waals surface area (Å²) in [6, 6.07) is -0.972. The van der Waals surface area contributed by atoms with Crippen molar-refractivity contribution in [1.82, 2.24) is 0 Å². The molecule has 0 spiro atoms. The van der Waals surface area contributed by atoms with E-state index in [9.17, 15) is 9.59 Å². The van der Waals surface area contributed by atoms with Crippen LogP contribution >= 0.6 is 0 Å². The number of carbonyl (C=O) groups excluding carboxylic acids is 1. The van der Waals surface area contributed by atoms with Crippen molar-refractivity contribution >= 4 is 11.8 Å². The maximum atomic E-state index is 11.0. The summed E-state index contributed by atoms with van der Waals surface area (Å²) >= 11 is 0. The highest BCUT2D eigenvalue weighted by molar-refractivity contribution is 5.80. The lowest BCUT2D eigenvalue weighted by molar-refractivity contribution is -0.139. The fourth-order valence-electron chi connectivity index (χ4n) is 1.10. The fourth-order valence-corrected chi connectivity index (χ4v) is 1.10. The summed E-state index contributed by atoms with van der Waals surface area (Å²) in [7, 11) is 0. The number of hydrogen-bond donors (Lipinski definition) is 3. The van der Waals surface area contributed by atoms with E-state index in [1.54, 1.807) is 0 Å². The van der Waals surface area contributed by atoms with Gasteiger partial charge in [0.2, 0.25) is 0 Å². The van der Waals surface area contributed by atoms with Gasteiger partial charge in [0.1, 0.15) is 11.8 Å². The van der Waals surface area contributed by atoms with Gasteiger partial charge in [0, 0.05) is 5.92 Å². The van der Waals surface area contributed by atoms with Gasteiger partial charge in [-0.2, -0.15) is 0 Å². The first-order chi connectivity index (χ1) is 5.99. The molecule has 13 heavy (non-hydrogen) atoms. The Morgan fingerprint density at radius 3 is 2.31 bits per heavy atom. The zero-order valence-corrected chi connectivity index (χ0v) is 7.69. The molecule has 0 heterocycles. The minimum absolute atomic E-state index is 0.0536. The van der Waals surface area contributed by atoms with Crippen molar-refractivity contribution in [1.29, 1.82) is 0 Å². The molecule has 0 aliphatic carbocycles. The van der Waals surface area contributed by atoms with E-state index in [-0.39, 0.29) is 18.1 Å². The molecule has 5 nitrogen and oxygen atoms in total. The van der Waals surface area contributed by atoms with E-state index >= 15 is 0 Å². The molecule has 5 N–H and O–H groups in total. The summed E-state index contributed by atoms with van der Waals surface area (Å²) < 4.78 is 0. The van der Waals surface area contributed by atoms with Gasteiger partial charge in [-0.15, -0.1) is 0 Å². The lowest BCUT2D eigenvalue weighted by atomic mass is 9.93. The van der Waals surface area contributed by atoms with Crippen LogP contribution in [-0.2, 0) is 9.59 Å². The van der Waals surface area contributed by atoms with E-state index in [0.29, 0.717) is 13.0 Å². The van der Waals surface area contributed by atoms with Crippen LogP contribution in [-0.4, -0.2) is 29.4 Å². The van der Waals surface area contributed by atoms with Gasteiger partial charge in [-0.05, 0) is 26.3 Å². The summed E-state index contributed by atoms with van der Waals surface area (Å²) in [5, 5.41) is 8.51. The number of aliphatic carboxylic acids is 1. The van der Waals surface area contributed by atoms with Crippen molar-refractivity contribution in [3.8, 4) is 0 Å². The fraction of sp³-hybridized carbons (Fsp3) is 0.750. The van der Waals surface area contributed by atoms with Gasteiger partial charge in [0.15, 0.2) is 0 Å². The van der Waals surface area contributed by atoms with Crippen molar-refractivity contribution in [2.24, 2.45) is 17.4 Å². The molecule has 0 aromatic carbocycles. The third-order valence-corrected chi connectivity index (χ3v) is 1.95. The predicted octanol–water partition coefficient (Wildman–Crippen LogP) is -0.658. The monoisotopic (exact) mass is 188 g/mol. The summed E-state index contributed by atoms with van der Waals surface area (Å²) in [5.41, 5.74) is 10.6. The Morgan fingerprint density at radius 1 is 1.46 bits per heavy atom. The van der Waals surface area contributed by atoms with Gasteiger partial charge in [-0.3, -0.25) is 9.59 Å². The van der Waals surface area contributed by atoms with Gasteiger partial charge < -0.3 is 16.6 Å². The van der Waals surface area contributed by atoms with Crippen molar-refractivity contribution in [3.05, 3.63) is 0 Å². The molecule has 0 bridgehead atoms. The Bertz CT molecular complexity index is 194. The van der Waals surface area contributed by atoms with Gasteiger partial charge in [-0.1, -0.05) is 0 Å². The molecule has 0 aliphatic heterocycles. The van der Waals surface area contributed by atoms with Crippen molar-refractivity contribution in [3.63, 3.8) is 0 Å². The van der Waals surface area contributed by atoms with Crippen molar-refractivity contribution < 1.29 is 14.7 Å². The number of carboxylic acids is 1. The molecule has 1 unspecified atom stereocenters. The first-order valence-corrected chi connectivity index (χ1v) is 4.18. The number of carboxylic acid groups (broad SMARTS) is 1. The molecule has 0 saturated carbocycles. The van der Waals surface area contributed by atoms with Crippen LogP contribution < -0.4 is 11.5 Å². The first kappa shape index (κ1) is 12.1. The maximum absolute atomic E-state index is 11.0. The number of ketones is 1. The van der Waals surface area contributed by atoms with E-state index in [1.807, 2.05) is 0 Å². The Kier molecular flexibility index (Phi) is 5.25. The van der Waals surface area contributed by atoms with Gasteiger partial charge in [0.25, 0.3) is 0 Å². The van der Waals surface area contributed by atoms with Crippen LogP contribution in [0.5, 0.6) is 0 Å².